The van der Waals surface area contributed by atoms with Gasteiger partial charge >= 0.3 is 0 Å². The Morgan fingerprint density at radius 1 is 1.22 bits per heavy atom. The Balaban J connectivity index is 2.17. The molecule has 2 atom stereocenters. The van der Waals surface area contributed by atoms with E-state index in [2.05, 4.69) is 20.0 Å². The van der Waals surface area contributed by atoms with Crippen molar-refractivity contribution < 1.29 is 13.2 Å². The van der Waals surface area contributed by atoms with Crippen LogP contribution in [0.4, 0.5) is 0 Å². The fourth-order valence-corrected chi connectivity index (χ4v) is 3.56. The standard InChI is InChI=1S/C14H22N4O4S/c1-8-9(2)16-13(19)12(15-8)14(20)17-10-6-4-5-7-11(10)18-23(3,21)22/h10-11,18H,4-7H2,1-3H3,(H,16,19)(H,17,20). The molecule has 3 N–H and O–H groups in total. The van der Waals surface area contributed by atoms with Gasteiger partial charge in [0.2, 0.25) is 10.0 Å². The lowest BCUT2D eigenvalue weighted by molar-refractivity contribution is 0.0911. The summed E-state index contributed by atoms with van der Waals surface area (Å²) in [6.07, 6.45) is 4.18. The van der Waals surface area contributed by atoms with Gasteiger partial charge < -0.3 is 10.3 Å². The number of hydrogen-bond donors (Lipinski definition) is 3. The second kappa shape index (κ2) is 6.79. The molecule has 1 saturated carbocycles. The third kappa shape index (κ3) is 4.61. The third-order valence-corrected chi connectivity index (χ3v) is 4.73. The summed E-state index contributed by atoms with van der Waals surface area (Å²) in [4.78, 5) is 30.9. The van der Waals surface area contributed by atoms with Crippen LogP contribution in [-0.4, -0.2) is 42.6 Å². The zero-order valence-corrected chi connectivity index (χ0v) is 14.3. The summed E-state index contributed by atoms with van der Waals surface area (Å²) in [5, 5.41) is 2.75. The summed E-state index contributed by atoms with van der Waals surface area (Å²) in [5.74, 6) is -0.582. The van der Waals surface area contributed by atoms with E-state index in [4.69, 9.17) is 0 Å². The quantitative estimate of drug-likeness (QED) is 0.710. The van der Waals surface area contributed by atoms with Crippen LogP contribution in [0.25, 0.3) is 0 Å². The summed E-state index contributed by atoms with van der Waals surface area (Å²) in [7, 11) is -3.36. The monoisotopic (exact) mass is 342 g/mol. The summed E-state index contributed by atoms with van der Waals surface area (Å²) < 4.78 is 25.4. The number of H-pyrrole nitrogens is 1. The summed E-state index contributed by atoms with van der Waals surface area (Å²) in [5.41, 5.74) is 0.441. The molecule has 0 radical (unpaired) electrons. The number of aromatic amines is 1. The highest BCUT2D eigenvalue weighted by Gasteiger charge is 2.29. The van der Waals surface area contributed by atoms with Gasteiger partial charge in [0.15, 0.2) is 5.69 Å². The van der Waals surface area contributed by atoms with Crippen molar-refractivity contribution in [2.24, 2.45) is 0 Å². The first-order chi connectivity index (χ1) is 10.7. The van der Waals surface area contributed by atoms with Crippen LogP contribution in [0.3, 0.4) is 0 Å². The third-order valence-electron chi connectivity index (χ3n) is 4.00. The topological polar surface area (TPSA) is 121 Å². The van der Waals surface area contributed by atoms with Crippen molar-refractivity contribution in [2.75, 3.05) is 6.26 Å². The Kier molecular flexibility index (Phi) is 5.20. The van der Waals surface area contributed by atoms with Crippen molar-refractivity contribution >= 4 is 15.9 Å². The number of sulfonamides is 1. The Morgan fingerprint density at radius 3 is 2.43 bits per heavy atom. The van der Waals surface area contributed by atoms with Gasteiger partial charge in [-0.05, 0) is 26.7 Å². The molecule has 0 bridgehead atoms. The zero-order chi connectivity index (χ0) is 17.2. The lowest BCUT2D eigenvalue weighted by atomic mass is 9.91. The van der Waals surface area contributed by atoms with Crippen molar-refractivity contribution in [1.29, 1.82) is 0 Å². The number of carbonyl (C=O) groups is 1. The van der Waals surface area contributed by atoms with E-state index in [9.17, 15) is 18.0 Å². The minimum atomic E-state index is -3.36. The molecule has 128 valence electrons. The Morgan fingerprint density at radius 2 is 1.83 bits per heavy atom. The van der Waals surface area contributed by atoms with Crippen LogP contribution in [0.15, 0.2) is 4.79 Å². The van der Waals surface area contributed by atoms with Crippen LogP contribution < -0.4 is 15.6 Å². The number of hydrogen-bond acceptors (Lipinski definition) is 5. The number of aryl methyl sites for hydroxylation is 2. The molecule has 0 aliphatic heterocycles. The van der Waals surface area contributed by atoms with E-state index in [0.29, 0.717) is 24.2 Å². The van der Waals surface area contributed by atoms with Gasteiger partial charge in [-0.15, -0.1) is 0 Å². The van der Waals surface area contributed by atoms with Gasteiger partial charge in [-0.1, -0.05) is 12.8 Å². The second-order valence-electron chi connectivity index (χ2n) is 5.99. The second-order valence-corrected chi connectivity index (χ2v) is 7.77. The Labute approximate surface area is 135 Å². The molecular weight excluding hydrogens is 320 g/mol. The van der Waals surface area contributed by atoms with Crippen LogP contribution in [-0.2, 0) is 10.0 Å². The van der Waals surface area contributed by atoms with Crippen LogP contribution >= 0.6 is 0 Å². The molecule has 8 nitrogen and oxygen atoms in total. The van der Waals surface area contributed by atoms with Gasteiger partial charge in [0.25, 0.3) is 11.5 Å². The first-order valence-corrected chi connectivity index (χ1v) is 9.42. The molecule has 1 heterocycles. The maximum absolute atomic E-state index is 12.3. The smallest absolute Gasteiger partial charge is 0.279 e. The van der Waals surface area contributed by atoms with Gasteiger partial charge in [-0.3, -0.25) is 9.59 Å². The van der Waals surface area contributed by atoms with Gasteiger partial charge in [0.1, 0.15) is 0 Å². The van der Waals surface area contributed by atoms with Gasteiger partial charge in [0.05, 0.1) is 11.9 Å². The van der Waals surface area contributed by atoms with E-state index in [1.165, 1.54) is 0 Å². The van der Waals surface area contributed by atoms with E-state index in [1.54, 1.807) is 13.8 Å². The molecule has 1 aromatic heterocycles. The van der Waals surface area contributed by atoms with Crippen molar-refractivity contribution in [3.8, 4) is 0 Å². The number of amides is 1. The van der Waals surface area contributed by atoms with Crippen molar-refractivity contribution in [3.05, 3.63) is 27.4 Å². The van der Waals surface area contributed by atoms with Crippen LogP contribution in [0, 0.1) is 13.8 Å². The molecule has 9 heteroatoms. The first-order valence-electron chi connectivity index (χ1n) is 7.53. The van der Waals surface area contributed by atoms with Gasteiger partial charge in [0, 0.05) is 17.8 Å². The van der Waals surface area contributed by atoms with Crippen molar-refractivity contribution in [1.82, 2.24) is 20.0 Å². The highest BCUT2D eigenvalue weighted by molar-refractivity contribution is 7.88. The number of nitrogens with one attached hydrogen (secondary N) is 3. The SMILES string of the molecule is Cc1nc(C(=O)NC2CCCCC2NS(C)(=O)=O)c(=O)[nH]c1C. The summed E-state index contributed by atoms with van der Waals surface area (Å²) >= 11 is 0. The number of nitrogens with zero attached hydrogens (tertiary/aromatic N) is 1. The molecule has 0 spiro atoms. The Bertz CT molecular complexity index is 757. The molecule has 1 fully saturated rings. The van der Waals surface area contributed by atoms with E-state index < -0.39 is 21.5 Å². The van der Waals surface area contributed by atoms with Gasteiger partial charge in [-0.2, -0.15) is 0 Å². The maximum atomic E-state index is 12.3. The largest absolute Gasteiger partial charge is 0.346 e. The molecule has 0 saturated heterocycles. The van der Waals surface area contributed by atoms with E-state index in [1.807, 2.05) is 0 Å². The predicted octanol–water partition coefficient (Wildman–Crippen LogP) is -0.0231. The minimum absolute atomic E-state index is 0.197. The van der Waals surface area contributed by atoms with Gasteiger partial charge in [-0.25, -0.2) is 18.1 Å². The predicted molar refractivity (Wildman–Crippen MR) is 85.8 cm³/mol. The molecular formula is C14H22N4O4S. The molecule has 2 unspecified atom stereocenters. The first kappa shape index (κ1) is 17.6. The summed E-state index contributed by atoms with van der Waals surface area (Å²) in [6, 6.07) is -0.720. The van der Waals surface area contributed by atoms with Crippen LogP contribution in [0.5, 0.6) is 0 Å². The lowest BCUT2D eigenvalue weighted by Crippen LogP contribution is -2.53. The average molecular weight is 342 g/mol. The van der Waals surface area contributed by atoms with Crippen molar-refractivity contribution in [2.45, 2.75) is 51.6 Å². The number of rotatable bonds is 4. The molecule has 0 aromatic carbocycles. The van der Waals surface area contributed by atoms with Crippen LogP contribution in [0.1, 0.15) is 47.6 Å². The van der Waals surface area contributed by atoms with E-state index >= 15 is 0 Å². The minimum Gasteiger partial charge on any atom is -0.346 e. The van der Waals surface area contributed by atoms with E-state index in [0.717, 1.165) is 19.1 Å². The lowest BCUT2D eigenvalue weighted by Gasteiger charge is -2.32. The maximum Gasteiger partial charge on any atom is 0.279 e. The summed E-state index contributed by atoms with van der Waals surface area (Å²) in [6.45, 7) is 3.41. The molecule has 2 rings (SSSR count). The average Bonchev–Trinajstić information content (AvgIpc) is 2.43. The number of carbonyl (C=O) groups excluding carboxylic acids is 1. The highest BCUT2D eigenvalue weighted by atomic mass is 32.2. The molecule has 23 heavy (non-hydrogen) atoms. The normalized spacial score (nSPS) is 21.9. The fraction of sp³-hybridized carbons (Fsp3) is 0.643. The van der Waals surface area contributed by atoms with Crippen molar-refractivity contribution in [3.63, 3.8) is 0 Å². The fourth-order valence-electron chi connectivity index (χ4n) is 2.73. The number of aromatic nitrogens is 2. The Hall–Kier alpha value is -1.74. The zero-order valence-electron chi connectivity index (χ0n) is 13.5. The molecule has 1 aromatic rings. The molecule has 1 amide bonds. The van der Waals surface area contributed by atoms with Crippen LogP contribution in [0.2, 0.25) is 0 Å². The molecule has 1 aliphatic carbocycles. The van der Waals surface area contributed by atoms with E-state index in [-0.39, 0.29) is 17.8 Å². The molecule has 1 aliphatic rings. The highest BCUT2D eigenvalue weighted by Crippen LogP contribution is 2.19.